The number of halogens is 1. The van der Waals surface area contributed by atoms with Gasteiger partial charge in [0.2, 0.25) is 0 Å². The molecule has 1 aliphatic rings. The van der Waals surface area contributed by atoms with Gasteiger partial charge in [0.1, 0.15) is 11.1 Å². The summed E-state index contributed by atoms with van der Waals surface area (Å²) >= 11 is 7.33. The third kappa shape index (κ3) is 3.56. The molecule has 0 atom stereocenters. The van der Waals surface area contributed by atoms with Crippen LogP contribution >= 0.6 is 22.9 Å². The van der Waals surface area contributed by atoms with Crippen LogP contribution in [0.4, 0.5) is 5.00 Å². The maximum atomic E-state index is 12.5. The smallest absolute Gasteiger partial charge is 0.256 e. The van der Waals surface area contributed by atoms with Crippen LogP contribution in [0.1, 0.15) is 39.2 Å². The Morgan fingerprint density at radius 2 is 2.04 bits per heavy atom. The van der Waals surface area contributed by atoms with Gasteiger partial charge in [-0.1, -0.05) is 11.6 Å². The molecule has 0 spiro atoms. The maximum absolute atomic E-state index is 12.5. The summed E-state index contributed by atoms with van der Waals surface area (Å²) in [5, 5.41) is 12.8. The molecular formula is C17H15ClN2O3S2. The van der Waals surface area contributed by atoms with Gasteiger partial charge in [-0.3, -0.25) is 4.79 Å². The van der Waals surface area contributed by atoms with Crippen molar-refractivity contribution in [2.24, 2.45) is 0 Å². The number of amides is 1. The van der Waals surface area contributed by atoms with Crippen molar-refractivity contribution in [2.45, 2.75) is 30.6 Å². The number of hydrogen-bond donors (Lipinski definition) is 1. The van der Waals surface area contributed by atoms with Gasteiger partial charge in [-0.15, -0.1) is 11.3 Å². The minimum Gasteiger partial charge on any atom is -0.312 e. The minimum absolute atomic E-state index is 0.0725. The van der Waals surface area contributed by atoms with Crippen molar-refractivity contribution in [3.8, 4) is 6.07 Å². The standard InChI is InChI=1S/C17H15ClN2O3S2/c1-25(22,23)15-8-10(6-7-13(15)18)16(21)20-17-12(9-19)11-4-2-3-5-14(11)24-17/h6-8H,2-5H2,1H3,(H,20,21). The van der Waals surface area contributed by atoms with E-state index in [1.807, 2.05) is 0 Å². The fourth-order valence-corrected chi connectivity index (χ4v) is 5.41. The molecule has 2 aromatic rings. The van der Waals surface area contributed by atoms with Crippen molar-refractivity contribution >= 4 is 43.7 Å². The van der Waals surface area contributed by atoms with Gasteiger partial charge in [0.25, 0.3) is 5.91 Å². The highest BCUT2D eigenvalue weighted by molar-refractivity contribution is 7.90. The number of rotatable bonds is 3. The fraction of sp³-hybridized carbons (Fsp3) is 0.294. The highest BCUT2D eigenvalue weighted by atomic mass is 35.5. The molecular weight excluding hydrogens is 380 g/mol. The number of carbonyl (C=O) groups excluding carboxylic acids is 1. The molecule has 130 valence electrons. The zero-order valence-corrected chi connectivity index (χ0v) is 15.8. The number of sulfone groups is 1. The van der Waals surface area contributed by atoms with E-state index < -0.39 is 15.7 Å². The summed E-state index contributed by atoms with van der Waals surface area (Å²) < 4.78 is 23.5. The third-order valence-corrected chi connectivity index (χ3v) is 6.89. The number of nitrogens with zero attached hydrogens (tertiary/aromatic N) is 1. The average Bonchev–Trinajstić information content (AvgIpc) is 2.91. The molecule has 5 nitrogen and oxygen atoms in total. The molecule has 0 fully saturated rings. The number of aryl methyl sites for hydroxylation is 1. The van der Waals surface area contributed by atoms with Crippen molar-refractivity contribution in [1.82, 2.24) is 0 Å². The number of carbonyl (C=O) groups is 1. The second-order valence-electron chi connectivity index (χ2n) is 5.90. The Bertz CT molecular complexity index is 1000. The van der Waals surface area contributed by atoms with E-state index in [4.69, 9.17) is 11.6 Å². The Hall–Kier alpha value is -1.88. The molecule has 0 unspecified atom stereocenters. The first kappa shape index (κ1) is 17.9. The van der Waals surface area contributed by atoms with Crippen LogP contribution in [0.25, 0.3) is 0 Å². The van der Waals surface area contributed by atoms with Gasteiger partial charge in [-0.05, 0) is 49.4 Å². The van der Waals surface area contributed by atoms with Gasteiger partial charge in [-0.2, -0.15) is 5.26 Å². The number of nitrogens with one attached hydrogen (secondary N) is 1. The Morgan fingerprint density at radius 3 is 2.72 bits per heavy atom. The lowest BCUT2D eigenvalue weighted by molar-refractivity contribution is 0.102. The molecule has 1 N–H and O–H groups in total. The number of thiophene rings is 1. The second kappa shape index (κ2) is 6.79. The van der Waals surface area contributed by atoms with Crippen molar-refractivity contribution in [3.05, 3.63) is 44.8 Å². The summed E-state index contributed by atoms with van der Waals surface area (Å²) in [6, 6.07) is 6.29. The SMILES string of the molecule is CS(=O)(=O)c1cc(C(=O)Nc2sc3c(c2C#N)CCCC3)ccc1Cl. The predicted molar refractivity (Wildman–Crippen MR) is 98.2 cm³/mol. The van der Waals surface area contributed by atoms with E-state index in [2.05, 4.69) is 11.4 Å². The van der Waals surface area contributed by atoms with Gasteiger partial charge in [0, 0.05) is 16.7 Å². The van der Waals surface area contributed by atoms with Crippen LogP contribution in [0.2, 0.25) is 5.02 Å². The zero-order chi connectivity index (χ0) is 18.2. The molecule has 1 heterocycles. The zero-order valence-electron chi connectivity index (χ0n) is 13.4. The monoisotopic (exact) mass is 394 g/mol. The van der Waals surface area contributed by atoms with E-state index in [1.54, 1.807) is 0 Å². The molecule has 1 aromatic carbocycles. The number of nitriles is 1. The van der Waals surface area contributed by atoms with E-state index >= 15 is 0 Å². The summed E-state index contributed by atoms with van der Waals surface area (Å²) in [7, 11) is -3.54. The first-order chi connectivity index (χ1) is 11.8. The molecule has 25 heavy (non-hydrogen) atoms. The third-order valence-electron chi connectivity index (χ3n) is 4.10. The van der Waals surface area contributed by atoms with Crippen LogP contribution in [0.3, 0.4) is 0 Å². The molecule has 8 heteroatoms. The Labute approximate surface area is 155 Å². The minimum atomic E-state index is -3.54. The second-order valence-corrected chi connectivity index (χ2v) is 9.39. The molecule has 1 aliphatic carbocycles. The largest absolute Gasteiger partial charge is 0.312 e. The molecule has 1 aromatic heterocycles. The molecule has 3 rings (SSSR count). The topological polar surface area (TPSA) is 87.0 Å². The molecule has 0 saturated carbocycles. The van der Waals surface area contributed by atoms with Crippen LogP contribution in [0.15, 0.2) is 23.1 Å². The van der Waals surface area contributed by atoms with Gasteiger partial charge in [-0.25, -0.2) is 8.42 Å². The normalized spacial score (nSPS) is 13.8. The first-order valence-electron chi connectivity index (χ1n) is 7.67. The quantitative estimate of drug-likeness (QED) is 0.857. The molecule has 1 amide bonds. The average molecular weight is 395 g/mol. The van der Waals surface area contributed by atoms with Gasteiger partial charge >= 0.3 is 0 Å². The summed E-state index contributed by atoms with van der Waals surface area (Å²) in [5.41, 5.74) is 1.73. The molecule has 0 aliphatic heterocycles. The number of hydrogen-bond acceptors (Lipinski definition) is 5. The van der Waals surface area contributed by atoms with E-state index in [0.717, 1.165) is 42.4 Å². The van der Waals surface area contributed by atoms with Crippen LogP contribution in [0, 0.1) is 11.3 Å². The van der Waals surface area contributed by atoms with Crippen molar-refractivity contribution in [2.75, 3.05) is 11.6 Å². The van der Waals surface area contributed by atoms with Crippen molar-refractivity contribution < 1.29 is 13.2 Å². The lowest BCUT2D eigenvalue weighted by Gasteiger charge is -2.09. The molecule has 0 saturated heterocycles. The van der Waals surface area contributed by atoms with E-state index in [0.29, 0.717) is 10.6 Å². The number of fused-ring (bicyclic) bond motifs is 1. The number of anilines is 1. The van der Waals surface area contributed by atoms with E-state index in [1.165, 1.54) is 29.5 Å². The van der Waals surface area contributed by atoms with Gasteiger partial charge < -0.3 is 5.32 Å². The van der Waals surface area contributed by atoms with Crippen LogP contribution in [-0.2, 0) is 22.7 Å². The maximum Gasteiger partial charge on any atom is 0.256 e. The summed E-state index contributed by atoms with van der Waals surface area (Å²) in [5.74, 6) is -0.461. The predicted octanol–water partition coefficient (Wildman–Crippen LogP) is 3.81. The summed E-state index contributed by atoms with van der Waals surface area (Å²) in [6.07, 6.45) is 4.94. The van der Waals surface area contributed by atoms with Crippen LogP contribution in [-0.4, -0.2) is 20.6 Å². The van der Waals surface area contributed by atoms with Crippen LogP contribution in [0.5, 0.6) is 0 Å². The van der Waals surface area contributed by atoms with Gasteiger partial charge in [0.05, 0.1) is 15.5 Å². The van der Waals surface area contributed by atoms with Crippen molar-refractivity contribution in [3.63, 3.8) is 0 Å². The molecule has 0 bridgehead atoms. The number of benzene rings is 1. The van der Waals surface area contributed by atoms with E-state index in [-0.39, 0.29) is 15.5 Å². The first-order valence-corrected chi connectivity index (χ1v) is 10.8. The lowest BCUT2D eigenvalue weighted by atomic mass is 9.96. The van der Waals surface area contributed by atoms with Gasteiger partial charge in [0.15, 0.2) is 9.84 Å². The van der Waals surface area contributed by atoms with Crippen molar-refractivity contribution in [1.29, 1.82) is 5.26 Å². The molecule has 0 radical (unpaired) electrons. The lowest BCUT2D eigenvalue weighted by Crippen LogP contribution is -2.13. The van der Waals surface area contributed by atoms with Crippen LogP contribution < -0.4 is 5.32 Å². The highest BCUT2D eigenvalue weighted by Gasteiger charge is 2.23. The Balaban J connectivity index is 1.94. The fourth-order valence-electron chi connectivity index (χ4n) is 2.88. The van der Waals surface area contributed by atoms with E-state index in [9.17, 15) is 18.5 Å². The highest BCUT2D eigenvalue weighted by Crippen LogP contribution is 2.37. The summed E-state index contributed by atoms with van der Waals surface area (Å²) in [6.45, 7) is 0. The Morgan fingerprint density at radius 1 is 1.32 bits per heavy atom. The Kier molecular flexibility index (Phi) is 4.87. The summed E-state index contributed by atoms with van der Waals surface area (Å²) in [4.78, 5) is 13.6.